The standard InChI is InChI=1S/C16H28N4/c1-4-7-17-10-15-11-19-16(12-18-15)20-8-5-14(6-9-20)13(2)3/h11-14,17H,4-10H2,1-3H3. The van der Waals surface area contributed by atoms with Crippen molar-refractivity contribution in [1.82, 2.24) is 15.3 Å². The monoisotopic (exact) mass is 276 g/mol. The number of nitrogens with zero attached hydrogens (tertiary/aromatic N) is 3. The van der Waals surface area contributed by atoms with Crippen molar-refractivity contribution in [3.8, 4) is 0 Å². The maximum atomic E-state index is 4.57. The molecule has 0 amide bonds. The lowest BCUT2D eigenvalue weighted by atomic mass is 9.87. The Bertz CT molecular complexity index is 380. The molecule has 1 aliphatic rings. The van der Waals surface area contributed by atoms with Crippen LogP contribution in [0.4, 0.5) is 5.82 Å². The highest BCUT2D eigenvalue weighted by atomic mass is 15.2. The molecule has 20 heavy (non-hydrogen) atoms. The number of hydrogen-bond acceptors (Lipinski definition) is 4. The van der Waals surface area contributed by atoms with E-state index in [1.54, 1.807) is 0 Å². The molecule has 0 aliphatic carbocycles. The molecule has 0 atom stereocenters. The van der Waals surface area contributed by atoms with Gasteiger partial charge in [-0.3, -0.25) is 4.98 Å². The van der Waals surface area contributed by atoms with E-state index in [4.69, 9.17) is 0 Å². The molecule has 1 aliphatic heterocycles. The lowest BCUT2D eigenvalue weighted by molar-refractivity contribution is 0.310. The fourth-order valence-electron chi connectivity index (χ4n) is 2.79. The molecule has 0 saturated carbocycles. The normalized spacial score (nSPS) is 16.9. The van der Waals surface area contributed by atoms with Gasteiger partial charge in [0.15, 0.2) is 0 Å². The van der Waals surface area contributed by atoms with Crippen LogP contribution in [-0.4, -0.2) is 29.6 Å². The molecule has 1 aromatic heterocycles. The van der Waals surface area contributed by atoms with Gasteiger partial charge in [-0.1, -0.05) is 20.8 Å². The van der Waals surface area contributed by atoms with Gasteiger partial charge in [0, 0.05) is 19.6 Å². The van der Waals surface area contributed by atoms with Crippen LogP contribution in [-0.2, 0) is 6.54 Å². The van der Waals surface area contributed by atoms with Crippen LogP contribution >= 0.6 is 0 Å². The van der Waals surface area contributed by atoms with E-state index in [0.717, 1.165) is 55.9 Å². The van der Waals surface area contributed by atoms with E-state index in [1.807, 2.05) is 12.4 Å². The average molecular weight is 276 g/mol. The highest BCUT2D eigenvalue weighted by Gasteiger charge is 2.22. The quantitative estimate of drug-likeness (QED) is 0.811. The summed E-state index contributed by atoms with van der Waals surface area (Å²) in [6.45, 7) is 10.9. The maximum absolute atomic E-state index is 4.57. The summed E-state index contributed by atoms with van der Waals surface area (Å²) in [5.74, 6) is 2.71. The molecule has 0 spiro atoms. The SMILES string of the molecule is CCCNCc1cnc(N2CCC(C(C)C)CC2)cn1. The van der Waals surface area contributed by atoms with E-state index in [1.165, 1.54) is 12.8 Å². The molecule has 0 bridgehead atoms. The predicted octanol–water partition coefficient (Wildman–Crippen LogP) is 2.85. The topological polar surface area (TPSA) is 41.1 Å². The third kappa shape index (κ3) is 4.17. The molecule has 1 N–H and O–H groups in total. The van der Waals surface area contributed by atoms with Crippen LogP contribution in [0.1, 0.15) is 45.7 Å². The summed E-state index contributed by atoms with van der Waals surface area (Å²) in [5.41, 5.74) is 1.03. The Hall–Kier alpha value is -1.16. The van der Waals surface area contributed by atoms with Crippen molar-refractivity contribution in [3.05, 3.63) is 18.1 Å². The molecule has 1 fully saturated rings. The molecule has 2 rings (SSSR count). The van der Waals surface area contributed by atoms with Crippen LogP contribution in [0.25, 0.3) is 0 Å². The molecule has 4 heteroatoms. The summed E-state index contributed by atoms with van der Waals surface area (Å²) in [5, 5.41) is 3.35. The number of aromatic nitrogens is 2. The van der Waals surface area contributed by atoms with E-state index >= 15 is 0 Å². The lowest BCUT2D eigenvalue weighted by Gasteiger charge is -2.34. The second kappa shape index (κ2) is 7.58. The van der Waals surface area contributed by atoms with Gasteiger partial charge in [0.1, 0.15) is 5.82 Å². The Morgan fingerprint density at radius 2 is 2.00 bits per heavy atom. The minimum atomic E-state index is 0.801. The van der Waals surface area contributed by atoms with Crippen LogP contribution in [0, 0.1) is 11.8 Å². The third-order valence-corrected chi connectivity index (χ3v) is 4.23. The van der Waals surface area contributed by atoms with E-state index < -0.39 is 0 Å². The zero-order chi connectivity index (χ0) is 14.4. The van der Waals surface area contributed by atoms with Crippen LogP contribution < -0.4 is 10.2 Å². The van der Waals surface area contributed by atoms with E-state index in [-0.39, 0.29) is 0 Å². The summed E-state index contributed by atoms with van der Waals surface area (Å²) in [6.07, 6.45) is 7.54. The second-order valence-electron chi connectivity index (χ2n) is 6.11. The third-order valence-electron chi connectivity index (χ3n) is 4.23. The molecular weight excluding hydrogens is 248 g/mol. The number of hydrogen-bond donors (Lipinski definition) is 1. The molecular formula is C16H28N4. The van der Waals surface area contributed by atoms with Gasteiger partial charge in [-0.05, 0) is 37.6 Å². The fourth-order valence-corrected chi connectivity index (χ4v) is 2.79. The minimum Gasteiger partial charge on any atom is -0.355 e. The van der Waals surface area contributed by atoms with Crippen LogP contribution in [0.15, 0.2) is 12.4 Å². The highest BCUT2D eigenvalue weighted by molar-refractivity contribution is 5.36. The number of piperidine rings is 1. The van der Waals surface area contributed by atoms with Gasteiger partial charge in [0.05, 0.1) is 18.1 Å². The van der Waals surface area contributed by atoms with Gasteiger partial charge in [0.2, 0.25) is 0 Å². The highest BCUT2D eigenvalue weighted by Crippen LogP contribution is 2.26. The van der Waals surface area contributed by atoms with Crippen LogP contribution in [0.3, 0.4) is 0 Å². The Morgan fingerprint density at radius 1 is 1.25 bits per heavy atom. The molecule has 0 aromatic carbocycles. The van der Waals surface area contributed by atoms with Gasteiger partial charge in [0.25, 0.3) is 0 Å². The Balaban J connectivity index is 1.84. The first-order chi connectivity index (χ1) is 9.70. The van der Waals surface area contributed by atoms with Crippen molar-refractivity contribution in [3.63, 3.8) is 0 Å². The molecule has 2 heterocycles. The van der Waals surface area contributed by atoms with E-state index in [0.29, 0.717) is 0 Å². The van der Waals surface area contributed by atoms with Gasteiger partial charge < -0.3 is 10.2 Å². The van der Waals surface area contributed by atoms with E-state index in [9.17, 15) is 0 Å². The first-order valence-electron chi connectivity index (χ1n) is 7.97. The fraction of sp³-hybridized carbons (Fsp3) is 0.750. The summed E-state index contributed by atoms with van der Waals surface area (Å²) in [4.78, 5) is 11.5. The smallest absolute Gasteiger partial charge is 0.147 e. The molecule has 112 valence electrons. The molecule has 0 radical (unpaired) electrons. The van der Waals surface area contributed by atoms with Crippen molar-refractivity contribution < 1.29 is 0 Å². The zero-order valence-electron chi connectivity index (χ0n) is 13.1. The summed E-state index contributed by atoms with van der Waals surface area (Å²) >= 11 is 0. The van der Waals surface area contributed by atoms with Gasteiger partial charge >= 0.3 is 0 Å². The van der Waals surface area contributed by atoms with Crippen molar-refractivity contribution in [2.75, 3.05) is 24.5 Å². The molecule has 1 saturated heterocycles. The van der Waals surface area contributed by atoms with Crippen molar-refractivity contribution in [1.29, 1.82) is 0 Å². The first kappa shape index (κ1) is 15.2. The van der Waals surface area contributed by atoms with Crippen LogP contribution in [0.2, 0.25) is 0 Å². The van der Waals surface area contributed by atoms with Crippen LogP contribution in [0.5, 0.6) is 0 Å². The minimum absolute atomic E-state index is 0.801. The number of anilines is 1. The summed E-state index contributed by atoms with van der Waals surface area (Å²) in [6, 6.07) is 0. The van der Waals surface area contributed by atoms with Crippen molar-refractivity contribution in [2.45, 2.75) is 46.6 Å². The number of nitrogens with one attached hydrogen (secondary N) is 1. The first-order valence-corrected chi connectivity index (χ1v) is 7.97. The Morgan fingerprint density at radius 3 is 2.55 bits per heavy atom. The van der Waals surface area contributed by atoms with Gasteiger partial charge in [-0.25, -0.2) is 4.98 Å². The second-order valence-corrected chi connectivity index (χ2v) is 6.11. The molecule has 0 unspecified atom stereocenters. The zero-order valence-corrected chi connectivity index (χ0v) is 13.1. The maximum Gasteiger partial charge on any atom is 0.147 e. The summed E-state index contributed by atoms with van der Waals surface area (Å²) in [7, 11) is 0. The van der Waals surface area contributed by atoms with Crippen molar-refractivity contribution >= 4 is 5.82 Å². The summed E-state index contributed by atoms with van der Waals surface area (Å²) < 4.78 is 0. The Kier molecular flexibility index (Phi) is 5.77. The number of rotatable bonds is 6. The van der Waals surface area contributed by atoms with Gasteiger partial charge in [-0.2, -0.15) is 0 Å². The van der Waals surface area contributed by atoms with E-state index in [2.05, 4.69) is 41.0 Å². The van der Waals surface area contributed by atoms with Crippen molar-refractivity contribution in [2.24, 2.45) is 11.8 Å². The molecule has 1 aromatic rings. The molecule has 4 nitrogen and oxygen atoms in total. The largest absolute Gasteiger partial charge is 0.355 e. The lowest BCUT2D eigenvalue weighted by Crippen LogP contribution is -2.35. The average Bonchev–Trinajstić information content (AvgIpc) is 2.48. The Labute approximate surface area is 123 Å². The predicted molar refractivity (Wildman–Crippen MR) is 83.8 cm³/mol. The van der Waals surface area contributed by atoms with Gasteiger partial charge in [-0.15, -0.1) is 0 Å².